The molecule has 1 saturated heterocycles. The minimum atomic E-state index is -0.0393. The molecule has 4 nitrogen and oxygen atoms in total. The van der Waals surface area contributed by atoms with Gasteiger partial charge in [-0.15, -0.1) is 0 Å². The molecule has 1 fully saturated rings. The van der Waals surface area contributed by atoms with Crippen molar-refractivity contribution in [1.29, 1.82) is 5.26 Å². The molecule has 2 atom stereocenters. The van der Waals surface area contributed by atoms with E-state index in [-0.39, 0.29) is 11.9 Å². The fourth-order valence-electron chi connectivity index (χ4n) is 2.89. The molecule has 0 unspecified atom stereocenters. The van der Waals surface area contributed by atoms with E-state index in [9.17, 15) is 4.79 Å². The number of benzene rings is 1. The lowest BCUT2D eigenvalue weighted by Crippen LogP contribution is -2.44. The molecule has 112 valence electrons. The van der Waals surface area contributed by atoms with Gasteiger partial charge in [-0.1, -0.05) is 37.3 Å². The molecule has 1 aliphatic rings. The Morgan fingerprint density at radius 1 is 1.41 bits per heavy atom. The summed E-state index contributed by atoms with van der Waals surface area (Å²) < 4.78 is 0. The molecule has 1 N–H and O–H groups in total. The van der Waals surface area contributed by atoms with E-state index in [1.807, 2.05) is 34.9 Å². The Morgan fingerprint density at radius 2 is 2.18 bits per heavy atom. The van der Waals surface area contributed by atoms with Crippen LogP contribution < -0.4 is 0 Å². The zero-order valence-corrected chi connectivity index (χ0v) is 13.1. The predicted octanol–water partition coefficient (Wildman–Crippen LogP) is 3.21. The van der Waals surface area contributed by atoms with Gasteiger partial charge in [0.15, 0.2) is 0 Å². The van der Waals surface area contributed by atoms with Gasteiger partial charge in [0.2, 0.25) is 0 Å². The maximum Gasteiger partial charge on any atom is 0.270 e. The van der Waals surface area contributed by atoms with E-state index in [1.165, 1.54) is 0 Å². The van der Waals surface area contributed by atoms with Crippen LogP contribution in [0.15, 0.2) is 42.6 Å². The van der Waals surface area contributed by atoms with Crippen LogP contribution in [0.25, 0.3) is 0 Å². The van der Waals surface area contributed by atoms with E-state index in [1.54, 1.807) is 12.3 Å². The topological polar surface area (TPSA) is 59.9 Å². The summed E-state index contributed by atoms with van der Waals surface area (Å²) in [6, 6.07) is 13.9. The fourth-order valence-corrected chi connectivity index (χ4v) is 4.05. The number of hydrogen-bond acceptors (Lipinski definition) is 3. The SMILES string of the molecule is C[C@H]1SCCN(C(=O)c2cc(C#N)c[nH]2)[C@H]1c1ccccc1. The standard InChI is InChI=1S/C17H17N3OS/c1-12-16(14-5-3-2-4-6-14)20(7-8-22-12)17(21)15-9-13(10-18)11-19-15/h2-6,9,11-12,16,19H,7-8H2,1H3/t12-,16-/m1/s1. The van der Waals surface area contributed by atoms with E-state index in [0.717, 1.165) is 11.3 Å². The molecule has 0 aliphatic carbocycles. The largest absolute Gasteiger partial charge is 0.356 e. The molecule has 1 amide bonds. The number of aromatic nitrogens is 1. The molecule has 3 rings (SSSR count). The van der Waals surface area contributed by atoms with Crippen LogP contribution in [0.3, 0.4) is 0 Å². The Kier molecular flexibility index (Phi) is 4.21. The Hall–Kier alpha value is -2.19. The molecular formula is C17H17N3OS. The number of rotatable bonds is 2. The number of nitriles is 1. The molecule has 22 heavy (non-hydrogen) atoms. The van der Waals surface area contributed by atoms with Crippen molar-refractivity contribution in [1.82, 2.24) is 9.88 Å². The number of H-pyrrole nitrogens is 1. The van der Waals surface area contributed by atoms with Gasteiger partial charge in [0.05, 0.1) is 11.6 Å². The highest BCUT2D eigenvalue weighted by Crippen LogP contribution is 2.36. The van der Waals surface area contributed by atoms with Crippen LogP contribution in [0.2, 0.25) is 0 Å². The Labute approximate surface area is 134 Å². The molecule has 1 aliphatic heterocycles. The number of amides is 1. The zero-order valence-electron chi connectivity index (χ0n) is 12.3. The lowest BCUT2D eigenvalue weighted by molar-refractivity contribution is 0.0675. The van der Waals surface area contributed by atoms with Gasteiger partial charge >= 0.3 is 0 Å². The second kappa shape index (κ2) is 6.29. The molecule has 0 saturated carbocycles. The zero-order chi connectivity index (χ0) is 15.5. The Bertz CT molecular complexity index is 704. The van der Waals surface area contributed by atoms with Crippen LogP contribution in [-0.2, 0) is 0 Å². The van der Waals surface area contributed by atoms with Crippen molar-refractivity contribution in [3.05, 3.63) is 59.4 Å². The summed E-state index contributed by atoms with van der Waals surface area (Å²) in [5.41, 5.74) is 2.12. The number of carbonyl (C=O) groups is 1. The molecule has 1 aromatic heterocycles. The quantitative estimate of drug-likeness (QED) is 0.926. The highest BCUT2D eigenvalue weighted by atomic mass is 32.2. The van der Waals surface area contributed by atoms with Crippen molar-refractivity contribution in [2.75, 3.05) is 12.3 Å². The Balaban J connectivity index is 1.92. The number of hydrogen-bond donors (Lipinski definition) is 1. The van der Waals surface area contributed by atoms with Crippen molar-refractivity contribution in [3.63, 3.8) is 0 Å². The summed E-state index contributed by atoms with van der Waals surface area (Å²) in [4.78, 5) is 17.7. The summed E-state index contributed by atoms with van der Waals surface area (Å²) in [5, 5.41) is 9.26. The third-order valence-electron chi connectivity index (χ3n) is 3.94. The monoisotopic (exact) mass is 311 g/mol. The molecule has 2 aromatic rings. The lowest BCUT2D eigenvalue weighted by atomic mass is 10.0. The highest BCUT2D eigenvalue weighted by molar-refractivity contribution is 8.00. The van der Waals surface area contributed by atoms with E-state index in [0.29, 0.717) is 23.1 Å². The first-order valence-electron chi connectivity index (χ1n) is 7.26. The first kappa shape index (κ1) is 14.7. The van der Waals surface area contributed by atoms with E-state index >= 15 is 0 Å². The van der Waals surface area contributed by atoms with Crippen molar-refractivity contribution in [2.24, 2.45) is 0 Å². The molecular weight excluding hydrogens is 294 g/mol. The summed E-state index contributed by atoms with van der Waals surface area (Å²) in [6.45, 7) is 2.88. The maximum absolute atomic E-state index is 12.8. The molecule has 2 heterocycles. The predicted molar refractivity (Wildman–Crippen MR) is 87.6 cm³/mol. The minimum absolute atomic E-state index is 0.0393. The summed E-state index contributed by atoms with van der Waals surface area (Å²) in [6.07, 6.45) is 1.58. The second-order valence-electron chi connectivity index (χ2n) is 5.34. The highest BCUT2D eigenvalue weighted by Gasteiger charge is 2.34. The van der Waals surface area contributed by atoms with Crippen molar-refractivity contribution in [3.8, 4) is 6.07 Å². The average Bonchev–Trinajstić information content (AvgIpc) is 3.04. The van der Waals surface area contributed by atoms with E-state index in [4.69, 9.17) is 5.26 Å². The molecule has 0 spiro atoms. The minimum Gasteiger partial charge on any atom is -0.356 e. The summed E-state index contributed by atoms with van der Waals surface area (Å²) >= 11 is 1.89. The van der Waals surface area contributed by atoms with Gasteiger partial charge in [0.25, 0.3) is 5.91 Å². The van der Waals surface area contributed by atoms with Gasteiger partial charge in [-0.2, -0.15) is 17.0 Å². The van der Waals surface area contributed by atoms with Crippen LogP contribution in [0.1, 0.15) is 34.6 Å². The summed E-state index contributed by atoms with van der Waals surface area (Å²) in [5.74, 6) is 0.893. The molecule has 1 aromatic carbocycles. The van der Waals surface area contributed by atoms with Gasteiger partial charge in [-0.3, -0.25) is 4.79 Å². The second-order valence-corrected chi connectivity index (χ2v) is 6.83. The first-order chi connectivity index (χ1) is 10.7. The lowest BCUT2D eigenvalue weighted by Gasteiger charge is -2.39. The van der Waals surface area contributed by atoms with Crippen LogP contribution in [0.5, 0.6) is 0 Å². The van der Waals surface area contributed by atoms with Crippen molar-refractivity contribution >= 4 is 17.7 Å². The fraction of sp³-hybridized carbons (Fsp3) is 0.294. The molecule has 5 heteroatoms. The number of thioether (sulfide) groups is 1. The third kappa shape index (κ3) is 2.75. The van der Waals surface area contributed by atoms with E-state index in [2.05, 4.69) is 30.1 Å². The van der Waals surface area contributed by atoms with Crippen molar-refractivity contribution < 1.29 is 4.79 Å². The number of nitrogens with one attached hydrogen (secondary N) is 1. The average molecular weight is 311 g/mol. The van der Waals surface area contributed by atoms with Crippen LogP contribution in [-0.4, -0.2) is 33.3 Å². The normalized spacial score (nSPS) is 21.4. The van der Waals surface area contributed by atoms with Gasteiger partial charge in [0.1, 0.15) is 11.8 Å². The van der Waals surface area contributed by atoms with E-state index < -0.39 is 0 Å². The molecule has 0 bridgehead atoms. The van der Waals surface area contributed by atoms with Gasteiger partial charge in [0, 0.05) is 23.7 Å². The number of nitrogens with zero attached hydrogens (tertiary/aromatic N) is 2. The maximum atomic E-state index is 12.8. The Morgan fingerprint density at radius 3 is 2.86 bits per heavy atom. The summed E-state index contributed by atoms with van der Waals surface area (Å²) in [7, 11) is 0. The van der Waals surface area contributed by atoms with Crippen LogP contribution in [0.4, 0.5) is 0 Å². The van der Waals surface area contributed by atoms with Crippen molar-refractivity contribution in [2.45, 2.75) is 18.2 Å². The first-order valence-corrected chi connectivity index (χ1v) is 8.31. The van der Waals surface area contributed by atoms with Gasteiger partial charge < -0.3 is 9.88 Å². The van der Waals surface area contributed by atoms with Crippen LogP contribution >= 0.6 is 11.8 Å². The number of aromatic amines is 1. The third-order valence-corrected chi connectivity index (χ3v) is 5.14. The van der Waals surface area contributed by atoms with Gasteiger partial charge in [-0.25, -0.2) is 0 Å². The smallest absolute Gasteiger partial charge is 0.270 e. The van der Waals surface area contributed by atoms with Gasteiger partial charge in [-0.05, 0) is 11.6 Å². The molecule has 0 radical (unpaired) electrons. The van der Waals surface area contributed by atoms with Crippen LogP contribution in [0, 0.1) is 11.3 Å². The number of carbonyl (C=O) groups excluding carboxylic acids is 1.